The minimum atomic E-state index is -0.440. The summed E-state index contributed by atoms with van der Waals surface area (Å²) in [6.45, 7) is 5.47. The van der Waals surface area contributed by atoms with E-state index in [1.807, 2.05) is 12.1 Å². The lowest BCUT2D eigenvalue weighted by molar-refractivity contribution is -0.226. The molecule has 1 aliphatic rings. The van der Waals surface area contributed by atoms with Crippen LogP contribution in [-0.2, 0) is 9.47 Å². The number of hydrogen-bond acceptors (Lipinski definition) is 3. The van der Waals surface area contributed by atoms with Gasteiger partial charge in [-0.15, -0.1) is 0 Å². The third-order valence-electron chi connectivity index (χ3n) is 2.50. The van der Waals surface area contributed by atoms with E-state index in [1.54, 1.807) is 6.07 Å². The van der Waals surface area contributed by atoms with E-state index >= 15 is 0 Å². The second-order valence-corrected chi connectivity index (χ2v) is 6.07. The first-order valence-electron chi connectivity index (χ1n) is 5.20. The van der Waals surface area contributed by atoms with E-state index in [2.05, 4.69) is 36.4 Å². The molecule has 0 aromatic heterocycles. The van der Waals surface area contributed by atoms with Gasteiger partial charge in [0.05, 0.1) is 13.2 Å². The minimum Gasteiger partial charge on any atom is -0.507 e. The lowest BCUT2D eigenvalue weighted by atomic mass is 9.95. The van der Waals surface area contributed by atoms with Crippen LogP contribution in [0.4, 0.5) is 0 Å². The predicted molar refractivity (Wildman–Crippen MR) is 69.2 cm³/mol. The lowest BCUT2D eigenvalue weighted by Gasteiger charge is -2.34. The maximum Gasteiger partial charge on any atom is 0.187 e. The molecule has 0 saturated carbocycles. The largest absolute Gasteiger partial charge is 0.507 e. The smallest absolute Gasteiger partial charge is 0.187 e. The molecule has 1 fully saturated rings. The topological polar surface area (TPSA) is 38.7 Å². The molecule has 88 valence electrons. The van der Waals surface area contributed by atoms with Gasteiger partial charge in [0.2, 0.25) is 0 Å². The van der Waals surface area contributed by atoms with Crippen LogP contribution in [0, 0.1) is 8.99 Å². The van der Waals surface area contributed by atoms with Crippen molar-refractivity contribution < 1.29 is 14.6 Å². The van der Waals surface area contributed by atoms with Crippen LogP contribution in [0.25, 0.3) is 0 Å². The number of ether oxygens (including phenoxy) is 2. The molecule has 1 aromatic rings. The van der Waals surface area contributed by atoms with Crippen LogP contribution in [0.15, 0.2) is 18.2 Å². The average molecular weight is 334 g/mol. The summed E-state index contributed by atoms with van der Waals surface area (Å²) in [7, 11) is 0. The first-order valence-corrected chi connectivity index (χ1v) is 6.27. The van der Waals surface area contributed by atoms with Gasteiger partial charge in [-0.2, -0.15) is 0 Å². The second kappa shape index (κ2) is 4.50. The summed E-state index contributed by atoms with van der Waals surface area (Å²) in [4.78, 5) is 0. The molecule has 1 saturated heterocycles. The van der Waals surface area contributed by atoms with E-state index in [-0.39, 0.29) is 11.2 Å². The van der Waals surface area contributed by atoms with Crippen LogP contribution < -0.4 is 0 Å². The number of phenolic OH excluding ortho intramolecular Hbond substituents is 1. The summed E-state index contributed by atoms with van der Waals surface area (Å²) in [5, 5.41) is 9.81. The molecule has 2 rings (SSSR count). The van der Waals surface area contributed by atoms with Gasteiger partial charge in [-0.25, -0.2) is 0 Å². The van der Waals surface area contributed by atoms with Gasteiger partial charge in [0.15, 0.2) is 6.29 Å². The Kier molecular flexibility index (Phi) is 3.42. The van der Waals surface area contributed by atoms with Crippen molar-refractivity contribution in [3.8, 4) is 5.75 Å². The van der Waals surface area contributed by atoms with E-state index in [4.69, 9.17) is 9.47 Å². The third kappa shape index (κ3) is 2.67. The SMILES string of the molecule is CC1(C)COC(c2ccc(I)cc2O)OC1. The van der Waals surface area contributed by atoms with Gasteiger partial charge in [-0.3, -0.25) is 0 Å². The highest BCUT2D eigenvalue weighted by Gasteiger charge is 2.30. The fourth-order valence-electron chi connectivity index (χ4n) is 1.59. The minimum absolute atomic E-state index is 0.0509. The van der Waals surface area contributed by atoms with Crippen molar-refractivity contribution in [3.05, 3.63) is 27.3 Å². The first-order chi connectivity index (χ1) is 7.48. The van der Waals surface area contributed by atoms with E-state index in [0.29, 0.717) is 18.8 Å². The average Bonchev–Trinajstić information content (AvgIpc) is 2.19. The van der Waals surface area contributed by atoms with Crippen LogP contribution >= 0.6 is 22.6 Å². The van der Waals surface area contributed by atoms with Gasteiger partial charge in [0, 0.05) is 14.5 Å². The second-order valence-electron chi connectivity index (χ2n) is 4.82. The molecule has 0 aliphatic carbocycles. The van der Waals surface area contributed by atoms with Gasteiger partial charge < -0.3 is 14.6 Å². The molecule has 0 unspecified atom stereocenters. The normalized spacial score (nSPS) is 20.9. The molecule has 1 heterocycles. The molecule has 0 radical (unpaired) electrons. The van der Waals surface area contributed by atoms with Crippen LogP contribution in [0.3, 0.4) is 0 Å². The number of rotatable bonds is 1. The zero-order chi connectivity index (χ0) is 11.8. The van der Waals surface area contributed by atoms with Crippen molar-refractivity contribution in [2.75, 3.05) is 13.2 Å². The summed E-state index contributed by atoms with van der Waals surface area (Å²) in [6, 6.07) is 5.49. The molecule has 0 atom stereocenters. The zero-order valence-corrected chi connectivity index (χ0v) is 11.5. The van der Waals surface area contributed by atoms with Crippen LogP contribution in [0.5, 0.6) is 5.75 Å². The highest BCUT2D eigenvalue weighted by molar-refractivity contribution is 14.1. The molecular formula is C12H15IO3. The van der Waals surface area contributed by atoms with Gasteiger partial charge >= 0.3 is 0 Å². The molecule has 0 spiro atoms. The molecule has 1 N–H and O–H groups in total. The Balaban J connectivity index is 2.14. The lowest BCUT2D eigenvalue weighted by Crippen LogP contribution is -2.33. The molecule has 3 nitrogen and oxygen atoms in total. The maximum absolute atomic E-state index is 9.81. The number of benzene rings is 1. The highest BCUT2D eigenvalue weighted by atomic mass is 127. The summed E-state index contributed by atoms with van der Waals surface area (Å²) >= 11 is 2.16. The summed E-state index contributed by atoms with van der Waals surface area (Å²) < 4.78 is 12.2. The standard InChI is InChI=1S/C12H15IO3/c1-12(2)6-15-11(16-7-12)9-4-3-8(13)5-10(9)14/h3-5,11,14H,6-7H2,1-2H3. The molecule has 4 heteroatoms. The number of hydrogen-bond donors (Lipinski definition) is 1. The highest BCUT2D eigenvalue weighted by Crippen LogP contribution is 2.35. The monoisotopic (exact) mass is 334 g/mol. The molecule has 0 bridgehead atoms. The van der Waals surface area contributed by atoms with Crippen molar-refractivity contribution in [2.45, 2.75) is 20.1 Å². The summed E-state index contributed by atoms with van der Waals surface area (Å²) in [5.74, 6) is 0.233. The fourth-order valence-corrected chi connectivity index (χ4v) is 2.06. The first kappa shape index (κ1) is 12.1. The molecule has 16 heavy (non-hydrogen) atoms. The Labute approximate surface area is 109 Å². The van der Waals surface area contributed by atoms with Gasteiger partial charge in [-0.1, -0.05) is 13.8 Å². The van der Waals surface area contributed by atoms with Crippen LogP contribution in [0.2, 0.25) is 0 Å². The van der Waals surface area contributed by atoms with Crippen molar-refractivity contribution >= 4 is 22.6 Å². The Hall–Kier alpha value is -0.330. The third-order valence-corrected chi connectivity index (χ3v) is 3.17. The molecule has 0 amide bonds. The molecule has 1 aliphatic heterocycles. The van der Waals surface area contributed by atoms with Crippen molar-refractivity contribution in [1.29, 1.82) is 0 Å². The van der Waals surface area contributed by atoms with Gasteiger partial charge in [0.25, 0.3) is 0 Å². The van der Waals surface area contributed by atoms with Crippen LogP contribution in [0.1, 0.15) is 25.7 Å². The number of aromatic hydroxyl groups is 1. The number of phenols is 1. The quantitative estimate of drug-likeness (QED) is 0.803. The van der Waals surface area contributed by atoms with E-state index in [9.17, 15) is 5.11 Å². The van der Waals surface area contributed by atoms with Crippen molar-refractivity contribution in [3.63, 3.8) is 0 Å². The Morgan fingerprint density at radius 3 is 2.50 bits per heavy atom. The Morgan fingerprint density at radius 2 is 1.94 bits per heavy atom. The summed E-state index contributed by atoms with van der Waals surface area (Å²) in [5.41, 5.74) is 0.755. The van der Waals surface area contributed by atoms with Gasteiger partial charge in [-0.05, 0) is 40.8 Å². The fraction of sp³-hybridized carbons (Fsp3) is 0.500. The van der Waals surface area contributed by atoms with E-state index in [0.717, 1.165) is 3.57 Å². The molecular weight excluding hydrogens is 319 g/mol. The summed E-state index contributed by atoms with van der Waals surface area (Å²) in [6.07, 6.45) is -0.440. The van der Waals surface area contributed by atoms with Crippen LogP contribution in [-0.4, -0.2) is 18.3 Å². The van der Waals surface area contributed by atoms with Crippen molar-refractivity contribution in [2.24, 2.45) is 5.41 Å². The zero-order valence-electron chi connectivity index (χ0n) is 9.37. The maximum atomic E-state index is 9.81. The van der Waals surface area contributed by atoms with E-state index < -0.39 is 6.29 Å². The Bertz CT molecular complexity index is 380. The van der Waals surface area contributed by atoms with Crippen molar-refractivity contribution in [1.82, 2.24) is 0 Å². The van der Waals surface area contributed by atoms with E-state index in [1.165, 1.54) is 0 Å². The van der Waals surface area contributed by atoms with Gasteiger partial charge in [0.1, 0.15) is 5.75 Å². The number of halogens is 1. The molecule has 1 aromatic carbocycles. The Morgan fingerprint density at radius 1 is 1.31 bits per heavy atom. The predicted octanol–water partition coefficient (Wildman–Crippen LogP) is 3.07.